The van der Waals surface area contributed by atoms with Crippen molar-refractivity contribution in [3.63, 3.8) is 0 Å². The molecule has 2 unspecified atom stereocenters. The Morgan fingerprint density at radius 3 is 2.20 bits per heavy atom. The van der Waals surface area contributed by atoms with Crippen molar-refractivity contribution in [3.05, 3.63) is 28.5 Å². The Labute approximate surface area is 150 Å². The monoisotopic (exact) mass is 378 g/mol. The molecule has 140 valence electrons. The number of esters is 1. The zero-order valence-corrected chi connectivity index (χ0v) is 15.4. The second-order valence-electron chi connectivity index (χ2n) is 7.29. The van der Waals surface area contributed by atoms with E-state index < -0.39 is 23.3 Å². The number of halogens is 4. The summed E-state index contributed by atoms with van der Waals surface area (Å²) in [6, 6.07) is 2.26. The van der Waals surface area contributed by atoms with Crippen LogP contribution in [0.25, 0.3) is 0 Å². The summed E-state index contributed by atoms with van der Waals surface area (Å²) in [7, 11) is 1.37. The van der Waals surface area contributed by atoms with Crippen LogP contribution in [0.3, 0.4) is 0 Å². The highest BCUT2D eigenvalue weighted by molar-refractivity contribution is 6.32. The second kappa shape index (κ2) is 7.06. The number of carbonyl (C=O) groups excluding carboxylic acids is 1. The number of benzene rings is 1. The SMILES string of the molecule is COc1cc(F)c(C(=O)OC(C)(C)C)cc1Cl.FC1(F)C2CCCC21. The maximum absolute atomic E-state index is 13.6. The van der Waals surface area contributed by atoms with Crippen LogP contribution in [0.4, 0.5) is 13.2 Å². The molecule has 2 saturated carbocycles. The van der Waals surface area contributed by atoms with E-state index in [0.717, 1.165) is 25.3 Å². The molecule has 0 spiro atoms. The van der Waals surface area contributed by atoms with Crippen molar-refractivity contribution in [2.45, 2.75) is 51.6 Å². The van der Waals surface area contributed by atoms with Gasteiger partial charge in [0.2, 0.25) is 0 Å². The summed E-state index contributed by atoms with van der Waals surface area (Å²) in [5, 5.41) is 0.162. The van der Waals surface area contributed by atoms with E-state index >= 15 is 0 Å². The van der Waals surface area contributed by atoms with Gasteiger partial charge in [-0.1, -0.05) is 18.0 Å². The quantitative estimate of drug-likeness (QED) is 0.638. The third-order valence-corrected chi connectivity index (χ3v) is 4.55. The third kappa shape index (κ3) is 4.60. The Hall–Kier alpha value is -1.43. The van der Waals surface area contributed by atoms with Crippen molar-refractivity contribution in [2.75, 3.05) is 7.11 Å². The molecule has 0 radical (unpaired) electrons. The van der Waals surface area contributed by atoms with Gasteiger partial charge in [-0.15, -0.1) is 0 Å². The number of rotatable bonds is 2. The van der Waals surface area contributed by atoms with Gasteiger partial charge in [-0.2, -0.15) is 0 Å². The standard InChI is InChI=1S/C12H14ClFO3.C6H8F2/c1-12(2,3)17-11(15)7-5-8(13)10(16-4)6-9(7)14;7-6(8)4-2-1-3-5(4)6/h5-6H,1-4H3;4-5H,1-3H2. The summed E-state index contributed by atoms with van der Waals surface area (Å²) in [4.78, 5) is 11.7. The summed E-state index contributed by atoms with van der Waals surface area (Å²) in [6.45, 7) is 5.11. The Morgan fingerprint density at radius 2 is 1.80 bits per heavy atom. The lowest BCUT2D eigenvalue weighted by Crippen LogP contribution is -2.24. The van der Waals surface area contributed by atoms with Crippen molar-refractivity contribution in [1.82, 2.24) is 0 Å². The Morgan fingerprint density at radius 1 is 1.24 bits per heavy atom. The fraction of sp³-hybridized carbons (Fsp3) is 0.611. The van der Waals surface area contributed by atoms with Crippen LogP contribution in [0, 0.1) is 17.7 Å². The smallest absolute Gasteiger partial charge is 0.341 e. The summed E-state index contributed by atoms with van der Waals surface area (Å²) in [5.41, 5.74) is -0.888. The highest BCUT2D eigenvalue weighted by Gasteiger charge is 2.69. The van der Waals surface area contributed by atoms with Crippen LogP contribution in [0.5, 0.6) is 5.75 Å². The summed E-state index contributed by atoms with van der Waals surface area (Å²) in [6.07, 6.45) is 2.58. The molecule has 1 aromatic rings. The van der Waals surface area contributed by atoms with Gasteiger partial charge >= 0.3 is 5.97 Å². The van der Waals surface area contributed by atoms with Gasteiger partial charge in [0.15, 0.2) is 0 Å². The van der Waals surface area contributed by atoms with Crippen molar-refractivity contribution in [3.8, 4) is 5.75 Å². The first-order valence-corrected chi connectivity index (χ1v) is 8.49. The summed E-state index contributed by atoms with van der Waals surface area (Å²) < 4.78 is 48.0. The van der Waals surface area contributed by atoms with Gasteiger partial charge in [-0.3, -0.25) is 0 Å². The van der Waals surface area contributed by atoms with Crippen molar-refractivity contribution >= 4 is 17.6 Å². The van der Waals surface area contributed by atoms with E-state index in [1.807, 2.05) is 0 Å². The summed E-state index contributed by atoms with van der Waals surface area (Å²) in [5.74, 6) is -3.94. The normalized spacial score (nSPS) is 23.2. The van der Waals surface area contributed by atoms with E-state index in [2.05, 4.69) is 0 Å². The molecule has 3 nitrogen and oxygen atoms in total. The fourth-order valence-electron chi connectivity index (χ4n) is 2.98. The molecule has 25 heavy (non-hydrogen) atoms. The largest absolute Gasteiger partial charge is 0.495 e. The number of alkyl halides is 2. The van der Waals surface area contributed by atoms with Crippen molar-refractivity contribution < 1.29 is 27.4 Å². The van der Waals surface area contributed by atoms with Crippen LogP contribution in [0.15, 0.2) is 12.1 Å². The van der Waals surface area contributed by atoms with E-state index in [4.69, 9.17) is 21.1 Å². The molecule has 1 aromatic carbocycles. The van der Waals surface area contributed by atoms with Crippen molar-refractivity contribution in [1.29, 1.82) is 0 Å². The van der Waals surface area contributed by atoms with Crippen LogP contribution in [-0.4, -0.2) is 24.6 Å². The fourth-order valence-corrected chi connectivity index (χ4v) is 3.22. The summed E-state index contributed by atoms with van der Waals surface area (Å²) >= 11 is 5.82. The molecule has 0 N–H and O–H groups in total. The molecule has 3 rings (SSSR count). The van der Waals surface area contributed by atoms with Gasteiger partial charge in [0.1, 0.15) is 17.2 Å². The molecular formula is C18H22ClF3O3. The minimum Gasteiger partial charge on any atom is -0.495 e. The average Bonchev–Trinajstić information content (AvgIpc) is 2.89. The first kappa shape index (κ1) is 19.9. The molecule has 0 bridgehead atoms. The first-order valence-electron chi connectivity index (χ1n) is 8.11. The number of fused-ring (bicyclic) bond motifs is 1. The van der Waals surface area contributed by atoms with Crippen LogP contribution in [0.1, 0.15) is 50.4 Å². The topological polar surface area (TPSA) is 35.5 Å². The average molecular weight is 379 g/mol. The molecule has 0 aliphatic heterocycles. The molecule has 7 heteroatoms. The van der Waals surface area contributed by atoms with Gasteiger partial charge < -0.3 is 9.47 Å². The van der Waals surface area contributed by atoms with E-state index in [-0.39, 0.29) is 28.2 Å². The van der Waals surface area contributed by atoms with Crippen LogP contribution < -0.4 is 4.74 Å². The lowest BCUT2D eigenvalue weighted by molar-refractivity contribution is 0.00646. The molecule has 2 atom stereocenters. The molecule has 0 heterocycles. The van der Waals surface area contributed by atoms with E-state index in [1.165, 1.54) is 13.2 Å². The van der Waals surface area contributed by atoms with Crippen LogP contribution in [0.2, 0.25) is 5.02 Å². The number of ether oxygens (including phenoxy) is 2. The zero-order valence-electron chi connectivity index (χ0n) is 14.7. The van der Waals surface area contributed by atoms with E-state index in [9.17, 15) is 18.0 Å². The maximum atomic E-state index is 13.6. The lowest BCUT2D eigenvalue weighted by atomic mass is 10.1. The predicted octanol–water partition coefficient (Wildman–Crippen LogP) is 5.49. The second-order valence-corrected chi connectivity index (χ2v) is 7.69. The molecule has 0 aromatic heterocycles. The maximum Gasteiger partial charge on any atom is 0.341 e. The Bertz CT molecular complexity index is 644. The lowest BCUT2D eigenvalue weighted by Gasteiger charge is -2.19. The highest BCUT2D eigenvalue weighted by Crippen LogP contribution is 2.63. The molecule has 0 saturated heterocycles. The van der Waals surface area contributed by atoms with Crippen LogP contribution in [-0.2, 0) is 4.74 Å². The highest BCUT2D eigenvalue weighted by atomic mass is 35.5. The van der Waals surface area contributed by atoms with E-state index in [1.54, 1.807) is 20.8 Å². The van der Waals surface area contributed by atoms with Gasteiger partial charge in [0, 0.05) is 17.9 Å². The Balaban J connectivity index is 0.000000230. The number of carbonyl (C=O) groups is 1. The number of methoxy groups -OCH3 is 1. The van der Waals surface area contributed by atoms with Crippen LogP contribution >= 0.6 is 11.6 Å². The van der Waals surface area contributed by atoms with Crippen molar-refractivity contribution in [2.24, 2.45) is 11.8 Å². The third-order valence-electron chi connectivity index (χ3n) is 4.26. The zero-order chi connectivity index (χ0) is 19.0. The minimum absolute atomic E-state index is 0.162. The minimum atomic E-state index is -2.24. The van der Waals surface area contributed by atoms with Gasteiger partial charge in [0.25, 0.3) is 5.92 Å². The molecule has 2 aliphatic rings. The molecule has 0 amide bonds. The predicted molar refractivity (Wildman–Crippen MR) is 88.9 cm³/mol. The molecule has 2 fully saturated rings. The first-order chi connectivity index (χ1) is 11.5. The van der Waals surface area contributed by atoms with Gasteiger partial charge in [-0.25, -0.2) is 18.0 Å². The number of hydrogen-bond acceptors (Lipinski definition) is 3. The van der Waals surface area contributed by atoms with Gasteiger partial charge in [0.05, 0.1) is 17.7 Å². The Kier molecular flexibility index (Phi) is 5.62. The molecule has 2 aliphatic carbocycles. The van der Waals surface area contributed by atoms with Gasteiger partial charge in [-0.05, 0) is 39.7 Å². The number of hydrogen-bond donors (Lipinski definition) is 0. The van der Waals surface area contributed by atoms with E-state index in [0.29, 0.717) is 0 Å². The molecular weight excluding hydrogens is 357 g/mol.